The lowest BCUT2D eigenvalue weighted by molar-refractivity contribution is -0.386. The van der Waals surface area contributed by atoms with E-state index < -0.39 is 22.5 Å². The van der Waals surface area contributed by atoms with E-state index in [1.54, 1.807) is 0 Å². The van der Waals surface area contributed by atoms with E-state index in [1.807, 2.05) is 0 Å². The number of rotatable bonds is 4. The molecule has 9 heteroatoms. The molecule has 0 aliphatic heterocycles. The Morgan fingerprint density at radius 1 is 1.47 bits per heavy atom. The Morgan fingerprint density at radius 3 is 2.53 bits per heavy atom. The van der Waals surface area contributed by atoms with E-state index in [9.17, 15) is 23.3 Å². The molecule has 0 radical (unpaired) electrons. The maximum atomic E-state index is 12.3. The topological polar surface area (TPSA) is 52.4 Å². The maximum absolute atomic E-state index is 12.3. The number of hydrogen-bond donors (Lipinski definition) is 0. The molecule has 1 atom stereocenters. The number of alkyl halides is 4. The number of ether oxygens (including phenoxy) is 1. The van der Waals surface area contributed by atoms with Crippen molar-refractivity contribution in [1.29, 1.82) is 0 Å². The summed E-state index contributed by atoms with van der Waals surface area (Å²) in [6.07, 6.45) is -4.47. The highest BCUT2D eigenvalue weighted by atomic mass is 79.9. The number of hydrogen-bond acceptors (Lipinski definition) is 3. The number of nitro benzene ring substituents is 1. The van der Waals surface area contributed by atoms with Gasteiger partial charge >= 0.3 is 11.9 Å². The van der Waals surface area contributed by atoms with E-state index in [1.165, 1.54) is 19.1 Å². The number of aryl methyl sites for hydroxylation is 1. The molecule has 0 aliphatic rings. The van der Waals surface area contributed by atoms with Gasteiger partial charge in [-0.3, -0.25) is 10.1 Å². The van der Waals surface area contributed by atoms with Gasteiger partial charge in [-0.1, -0.05) is 31.9 Å². The van der Waals surface area contributed by atoms with Gasteiger partial charge in [0.2, 0.25) is 0 Å². The molecular weight excluding hydrogens is 399 g/mol. The third-order valence-electron chi connectivity index (χ3n) is 2.15. The molecule has 0 aliphatic carbocycles. The van der Waals surface area contributed by atoms with Crippen LogP contribution in [0.4, 0.5) is 18.9 Å². The molecule has 0 saturated carbocycles. The summed E-state index contributed by atoms with van der Waals surface area (Å²) in [6.45, 7) is 0.775. The largest absolute Gasteiger partial charge is 0.485 e. The van der Waals surface area contributed by atoms with Crippen molar-refractivity contribution in [3.63, 3.8) is 0 Å². The van der Waals surface area contributed by atoms with Gasteiger partial charge in [0.25, 0.3) is 0 Å². The second-order valence-corrected chi connectivity index (χ2v) is 5.67. The summed E-state index contributed by atoms with van der Waals surface area (Å²) < 4.78 is 42.3. The average Bonchev–Trinajstić information content (AvgIpc) is 2.24. The highest BCUT2D eigenvalue weighted by Gasteiger charge is 2.38. The molecule has 1 unspecified atom stereocenters. The summed E-state index contributed by atoms with van der Waals surface area (Å²) in [4.78, 5) is 8.25. The van der Waals surface area contributed by atoms with Crippen molar-refractivity contribution in [1.82, 2.24) is 0 Å². The summed E-state index contributed by atoms with van der Waals surface area (Å²) in [5.41, 5.74) is -0.00306. The highest BCUT2D eigenvalue weighted by molar-refractivity contribution is 9.10. The van der Waals surface area contributed by atoms with Crippen LogP contribution in [0.5, 0.6) is 5.75 Å². The summed E-state index contributed by atoms with van der Waals surface area (Å²) in [5, 5.41) is 10.8. The van der Waals surface area contributed by atoms with Gasteiger partial charge in [0.1, 0.15) is 11.4 Å². The minimum absolute atomic E-state index is 0.165. The van der Waals surface area contributed by atoms with Crippen molar-refractivity contribution in [3.8, 4) is 5.75 Å². The van der Waals surface area contributed by atoms with E-state index in [4.69, 9.17) is 4.74 Å². The lowest BCUT2D eigenvalue weighted by Gasteiger charge is -2.16. The Morgan fingerprint density at radius 2 is 2.05 bits per heavy atom. The van der Waals surface area contributed by atoms with E-state index in [0.29, 0.717) is 10.0 Å². The van der Waals surface area contributed by atoms with Crippen molar-refractivity contribution in [2.24, 2.45) is 0 Å². The quantitative estimate of drug-likeness (QED) is 0.423. The molecule has 0 spiro atoms. The van der Waals surface area contributed by atoms with E-state index >= 15 is 0 Å². The van der Waals surface area contributed by atoms with Crippen molar-refractivity contribution in [2.75, 3.05) is 6.61 Å². The van der Waals surface area contributed by atoms with Crippen molar-refractivity contribution >= 4 is 37.5 Å². The molecule has 106 valence electrons. The predicted octanol–water partition coefficient (Wildman–Crippen LogP) is 4.37. The van der Waals surface area contributed by atoms with Crippen molar-refractivity contribution < 1.29 is 22.8 Å². The van der Waals surface area contributed by atoms with Crippen LogP contribution in [0.3, 0.4) is 0 Å². The highest BCUT2D eigenvalue weighted by Crippen LogP contribution is 2.35. The molecule has 19 heavy (non-hydrogen) atoms. The number of benzene rings is 1. The van der Waals surface area contributed by atoms with Crippen LogP contribution in [-0.4, -0.2) is 22.5 Å². The first-order valence-corrected chi connectivity index (χ1v) is 6.62. The summed E-state index contributed by atoms with van der Waals surface area (Å²) in [5.74, 6) is -0.165. The van der Waals surface area contributed by atoms with Gasteiger partial charge < -0.3 is 4.74 Å². The Bertz CT molecular complexity index is 494. The first-order valence-electron chi connectivity index (χ1n) is 4.91. The summed E-state index contributed by atoms with van der Waals surface area (Å²) in [7, 11) is 0. The van der Waals surface area contributed by atoms with E-state index in [-0.39, 0.29) is 11.4 Å². The monoisotopic (exact) mass is 405 g/mol. The van der Waals surface area contributed by atoms with E-state index in [0.717, 1.165) is 0 Å². The fourth-order valence-corrected chi connectivity index (χ4v) is 1.98. The maximum Gasteiger partial charge on any atom is 0.404 e. The van der Waals surface area contributed by atoms with Gasteiger partial charge in [-0.2, -0.15) is 13.2 Å². The van der Waals surface area contributed by atoms with Crippen LogP contribution in [0.1, 0.15) is 5.56 Å². The van der Waals surface area contributed by atoms with Gasteiger partial charge in [-0.05, 0) is 18.6 Å². The fourth-order valence-electron chi connectivity index (χ4n) is 1.29. The van der Waals surface area contributed by atoms with E-state index in [2.05, 4.69) is 31.9 Å². The van der Waals surface area contributed by atoms with Gasteiger partial charge in [0.15, 0.2) is 5.75 Å². The molecule has 0 bridgehead atoms. The first kappa shape index (κ1) is 16.2. The second-order valence-electron chi connectivity index (χ2n) is 3.65. The minimum Gasteiger partial charge on any atom is -0.485 e. The molecule has 1 rings (SSSR count). The van der Waals surface area contributed by atoms with Crippen molar-refractivity contribution in [3.05, 3.63) is 32.3 Å². The summed E-state index contributed by atoms with van der Waals surface area (Å²) >= 11 is 5.51. The van der Waals surface area contributed by atoms with Crippen LogP contribution in [0.15, 0.2) is 16.6 Å². The molecule has 0 amide bonds. The van der Waals surface area contributed by atoms with Crippen LogP contribution in [-0.2, 0) is 0 Å². The van der Waals surface area contributed by atoms with Crippen molar-refractivity contribution in [2.45, 2.75) is 17.9 Å². The third-order valence-corrected chi connectivity index (χ3v) is 3.39. The lowest BCUT2D eigenvalue weighted by Crippen LogP contribution is -2.29. The number of nitrogens with zero attached hydrogens (tertiary/aromatic N) is 1. The Kier molecular flexibility index (Phi) is 5.19. The van der Waals surface area contributed by atoms with Crippen LogP contribution in [0.2, 0.25) is 0 Å². The predicted molar refractivity (Wildman–Crippen MR) is 69.8 cm³/mol. The zero-order chi connectivity index (χ0) is 14.8. The molecule has 0 N–H and O–H groups in total. The molecule has 0 aromatic heterocycles. The van der Waals surface area contributed by atoms with Gasteiger partial charge in [0, 0.05) is 10.5 Å². The zero-order valence-corrected chi connectivity index (χ0v) is 12.7. The van der Waals surface area contributed by atoms with Crippen LogP contribution >= 0.6 is 31.9 Å². The van der Waals surface area contributed by atoms with Gasteiger partial charge in [0.05, 0.1) is 4.92 Å². The Labute approximate surface area is 123 Å². The molecule has 0 heterocycles. The molecule has 0 saturated heterocycles. The SMILES string of the molecule is Cc1cc(Br)cc([N+](=O)[O-])c1OCC(Br)C(F)(F)F. The third kappa shape index (κ3) is 4.34. The Balaban J connectivity index is 2.98. The zero-order valence-electron chi connectivity index (χ0n) is 9.50. The Hall–Kier alpha value is -0.830. The number of nitro groups is 1. The standard InChI is InChI=1S/C10H8Br2F3NO3/c1-5-2-6(11)3-7(16(17)18)9(5)19-4-8(12)10(13,14)15/h2-3,8H,4H2,1H3. The van der Waals surface area contributed by atoms with Gasteiger partial charge in [-0.25, -0.2) is 0 Å². The van der Waals surface area contributed by atoms with Crippen LogP contribution in [0, 0.1) is 17.0 Å². The molecule has 0 fully saturated rings. The minimum atomic E-state index is -4.47. The molecular formula is C10H8Br2F3NO3. The van der Waals surface area contributed by atoms with Crippen LogP contribution in [0.25, 0.3) is 0 Å². The average molecular weight is 407 g/mol. The second kappa shape index (κ2) is 6.08. The van der Waals surface area contributed by atoms with Gasteiger partial charge in [-0.15, -0.1) is 0 Å². The normalized spacial score (nSPS) is 13.2. The molecule has 1 aromatic carbocycles. The van der Waals surface area contributed by atoms with Crippen LogP contribution < -0.4 is 4.74 Å². The smallest absolute Gasteiger partial charge is 0.404 e. The lowest BCUT2D eigenvalue weighted by atomic mass is 10.2. The first-order chi connectivity index (χ1) is 8.62. The summed E-state index contributed by atoms with van der Waals surface area (Å²) in [6, 6.07) is 2.71. The number of halogens is 5. The molecule has 4 nitrogen and oxygen atoms in total. The molecule has 1 aromatic rings. The fraction of sp³-hybridized carbons (Fsp3) is 0.400.